The number of likely N-dealkylation sites (N-methyl/N-ethyl adjacent to an activating group) is 1. The maximum absolute atomic E-state index is 13.8. The third-order valence-electron chi connectivity index (χ3n) is 6.99. The molecule has 3 aromatic rings. The molecule has 34 heavy (non-hydrogen) atoms. The number of rotatable bonds is 5. The van der Waals surface area contributed by atoms with Gasteiger partial charge in [0, 0.05) is 24.2 Å². The summed E-state index contributed by atoms with van der Waals surface area (Å²) in [6.45, 7) is 4.27. The molecule has 7 heteroatoms. The van der Waals surface area contributed by atoms with Crippen molar-refractivity contribution in [2.45, 2.75) is 36.7 Å². The van der Waals surface area contributed by atoms with Gasteiger partial charge in [0.05, 0.1) is 37.0 Å². The first-order chi connectivity index (χ1) is 16.3. The van der Waals surface area contributed by atoms with Crippen molar-refractivity contribution in [3.63, 3.8) is 0 Å². The summed E-state index contributed by atoms with van der Waals surface area (Å²) < 4.78 is 28.6. The Morgan fingerprint density at radius 1 is 1.06 bits per heavy atom. The Morgan fingerprint density at radius 3 is 2.65 bits per heavy atom. The highest BCUT2D eigenvalue weighted by atomic mass is 32.2. The van der Waals surface area contributed by atoms with Crippen molar-refractivity contribution in [3.8, 4) is 0 Å². The Bertz CT molecular complexity index is 1320. The van der Waals surface area contributed by atoms with Crippen LogP contribution in [0.1, 0.15) is 39.4 Å². The van der Waals surface area contributed by atoms with Crippen LogP contribution in [0.15, 0.2) is 77.7 Å². The molecule has 0 saturated carbocycles. The van der Waals surface area contributed by atoms with E-state index in [1.807, 2.05) is 47.4 Å². The molecule has 1 unspecified atom stereocenters. The Morgan fingerprint density at radius 2 is 1.85 bits per heavy atom. The Hall–Kier alpha value is -3.00. The Labute approximate surface area is 201 Å². The first kappa shape index (κ1) is 22.8. The number of fused-ring (bicyclic) bond motifs is 3. The topological polar surface area (TPSA) is 70.9 Å². The van der Waals surface area contributed by atoms with E-state index >= 15 is 0 Å². The summed E-state index contributed by atoms with van der Waals surface area (Å²) in [7, 11) is -1.56. The number of nitrogens with one attached hydrogen (secondary N) is 2. The molecular formula is C27H30N3O3S+. The number of amides is 1. The standard InChI is InChI=1S/C27H29N3O3S/c1-19-11-12-25-23(15-19)24-18-29(2)14-13-26(24)30(25)27(31)21-9-6-10-22(16-21)34(32,33)28-17-20-7-4-3-5-8-20/h3-12,15-16,24,26,28H,13-14,17-18H2,1-2H3/p+1/t24-,26+/m1/s1. The highest BCUT2D eigenvalue weighted by Crippen LogP contribution is 2.43. The minimum Gasteiger partial charge on any atom is -0.337 e. The molecule has 2 aliphatic heterocycles. The van der Waals surface area contributed by atoms with Gasteiger partial charge in [0.2, 0.25) is 10.0 Å². The molecule has 5 rings (SSSR count). The average molecular weight is 477 g/mol. The van der Waals surface area contributed by atoms with Crippen molar-refractivity contribution in [2.24, 2.45) is 0 Å². The number of hydrogen-bond acceptors (Lipinski definition) is 3. The molecule has 0 aliphatic carbocycles. The van der Waals surface area contributed by atoms with Crippen LogP contribution in [0.25, 0.3) is 0 Å². The number of quaternary nitrogens is 1. The first-order valence-corrected chi connectivity index (χ1v) is 13.2. The summed E-state index contributed by atoms with van der Waals surface area (Å²) in [5.41, 5.74) is 4.63. The van der Waals surface area contributed by atoms with E-state index in [1.165, 1.54) is 28.2 Å². The van der Waals surface area contributed by atoms with E-state index in [0.717, 1.165) is 30.8 Å². The number of likely N-dealkylation sites (tertiary alicyclic amines) is 1. The molecule has 3 atom stereocenters. The molecule has 2 N–H and O–H groups in total. The monoisotopic (exact) mass is 476 g/mol. The number of carbonyl (C=O) groups excluding carboxylic acids is 1. The van der Waals surface area contributed by atoms with E-state index in [0.29, 0.717) is 11.5 Å². The van der Waals surface area contributed by atoms with Gasteiger partial charge in [0.25, 0.3) is 5.91 Å². The molecule has 176 valence electrons. The lowest BCUT2D eigenvalue weighted by atomic mass is 9.88. The maximum Gasteiger partial charge on any atom is 0.258 e. The van der Waals surface area contributed by atoms with Gasteiger partial charge < -0.3 is 9.80 Å². The number of carbonyl (C=O) groups is 1. The number of anilines is 1. The lowest BCUT2D eigenvalue weighted by molar-refractivity contribution is -0.886. The lowest BCUT2D eigenvalue weighted by Gasteiger charge is -2.34. The molecule has 6 nitrogen and oxygen atoms in total. The summed E-state index contributed by atoms with van der Waals surface area (Å²) in [4.78, 5) is 17.3. The van der Waals surface area contributed by atoms with E-state index in [1.54, 1.807) is 12.1 Å². The Balaban J connectivity index is 1.44. The smallest absolute Gasteiger partial charge is 0.258 e. The number of sulfonamides is 1. The molecule has 1 saturated heterocycles. The number of nitrogens with zero attached hydrogens (tertiary/aromatic N) is 1. The number of aryl methyl sites for hydroxylation is 1. The van der Waals surface area contributed by atoms with Crippen molar-refractivity contribution >= 4 is 21.6 Å². The van der Waals surface area contributed by atoms with Gasteiger partial charge in [-0.1, -0.05) is 54.1 Å². The third-order valence-corrected chi connectivity index (χ3v) is 8.39. The van der Waals surface area contributed by atoms with Crippen LogP contribution in [-0.2, 0) is 16.6 Å². The van der Waals surface area contributed by atoms with Crippen molar-refractivity contribution in [3.05, 3.63) is 95.1 Å². The number of benzene rings is 3. The van der Waals surface area contributed by atoms with Crippen molar-refractivity contribution < 1.29 is 18.1 Å². The van der Waals surface area contributed by atoms with Gasteiger partial charge in [-0.05, 0) is 42.3 Å². The highest BCUT2D eigenvalue weighted by Gasteiger charge is 2.45. The molecular weight excluding hydrogens is 446 g/mol. The van der Waals surface area contributed by atoms with Crippen LogP contribution in [-0.4, -0.2) is 40.5 Å². The highest BCUT2D eigenvalue weighted by molar-refractivity contribution is 7.89. The molecule has 0 radical (unpaired) electrons. The summed E-state index contributed by atoms with van der Waals surface area (Å²) in [6.07, 6.45) is 0.923. The molecule has 3 aromatic carbocycles. The van der Waals surface area contributed by atoms with Gasteiger partial charge in [-0.2, -0.15) is 0 Å². The lowest BCUT2D eigenvalue weighted by Crippen LogP contribution is -3.11. The second-order valence-electron chi connectivity index (χ2n) is 9.45. The van der Waals surface area contributed by atoms with Gasteiger partial charge in [-0.25, -0.2) is 13.1 Å². The fourth-order valence-electron chi connectivity index (χ4n) is 5.26. The minimum absolute atomic E-state index is 0.0991. The van der Waals surface area contributed by atoms with Crippen LogP contribution >= 0.6 is 0 Å². The molecule has 1 amide bonds. The van der Waals surface area contributed by atoms with Gasteiger partial charge in [-0.15, -0.1) is 0 Å². The number of piperidine rings is 1. The van der Waals surface area contributed by atoms with Crippen LogP contribution in [0.5, 0.6) is 0 Å². The van der Waals surface area contributed by atoms with E-state index in [4.69, 9.17) is 0 Å². The van der Waals surface area contributed by atoms with Crippen molar-refractivity contribution in [1.82, 2.24) is 4.72 Å². The zero-order valence-corrected chi connectivity index (χ0v) is 20.3. The van der Waals surface area contributed by atoms with Crippen molar-refractivity contribution in [2.75, 3.05) is 25.0 Å². The predicted molar refractivity (Wildman–Crippen MR) is 133 cm³/mol. The zero-order chi connectivity index (χ0) is 23.9. The van der Waals surface area contributed by atoms with Crippen LogP contribution in [0.3, 0.4) is 0 Å². The second-order valence-corrected chi connectivity index (χ2v) is 11.2. The first-order valence-electron chi connectivity index (χ1n) is 11.7. The van der Waals surface area contributed by atoms with Crippen LogP contribution in [0.4, 0.5) is 5.69 Å². The predicted octanol–water partition coefficient (Wildman–Crippen LogP) is 2.50. The molecule has 0 spiro atoms. The van der Waals surface area contributed by atoms with Crippen LogP contribution in [0, 0.1) is 6.92 Å². The number of hydrogen-bond donors (Lipinski definition) is 2. The average Bonchev–Trinajstić information content (AvgIpc) is 3.16. The van der Waals surface area contributed by atoms with Crippen LogP contribution < -0.4 is 14.5 Å². The van der Waals surface area contributed by atoms with Gasteiger partial charge in [0.1, 0.15) is 0 Å². The van der Waals surface area contributed by atoms with E-state index < -0.39 is 10.0 Å². The largest absolute Gasteiger partial charge is 0.337 e. The summed E-state index contributed by atoms with van der Waals surface area (Å²) in [5.74, 6) is 0.157. The molecule has 2 heterocycles. The Kier molecular flexibility index (Phi) is 6.02. The fourth-order valence-corrected chi connectivity index (χ4v) is 6.32. The van der Waals surface area contributed by atoms with Gasteiger partial charge in [0.15, 0.2) is 0 Å². The summed E-state index contributed by atoms with van der Waals surface area (Å²) in [6, 6.07) is 22.1. The quantitative estimate of drug-likeness (QED) is 0.595. The maximum atomic E-state index is 13.8. The minimum atomic E-state index is -3.76. The molecule has 0 bridgehead atoms. The van der Waals surface area contributed by atoms with Gasteiger partial charge >= 0.3 is 0 Å². The van der Waals surface area contributed by atoms with Crippen molar-refractivity contribution in [1.29, 1.82) is 0 Å². The SMILES string of the molecule is Cc1ccc2c(c1)[C@H]1C[NH+](C)CC[C@@H]1N2C(=O)c1cccc(S(=O)(=O)NCc2ccccc2)c1. The molecule has 2 aliphatic rings. The van der Waals surface area contributed by atoms with Crippen LogP contribution in [0.2, 0.25) is 0 Å². The molecule has 1 fully saturated rings. The van der Waals surface area contributed by atoms with Gasteiger partial charge in [-0.3, -0.25) is 4.79 Å². The van der Waals surface area contributed by atoms with E-state index in [9.17, 15) is 13.2 Å². The summed E-state index contributed by atoms with van der Waals surface area (Å²) >= 11 is 0. The third kappa shape index (κ3) is 4.27. The normalized spacial score (nSPS) is 21.7. The van der Waals surface area contributed by atoms with E-state index in [-0.39, 0.29) is 23.4 Å². The molecule has 0 aromatic heterocycles. The summed E-state index contributed by atoms with van der Waals surface area (Å²) in [5, 5.41) is 0. The second kappa shape index (κ2) is 8.98. The zero-order valence-electron chi connectivity index (χ0n) is 19.5. The van der Waals surface area contributed by atoms with E-state index in [2.05, 4.69) is 24.8 Å². The fraction of sp³-hybridized carbons (Fsp3) is 0.296.